The third-order valence-electron chi connectivity index (χ3n) is 3.09. The highest BCUT2D eigenvalue weighted by atomic mass is 15.0. The van der Waals surface area contributed by atoms with Crippen LogP contribution in [0.25, 0.3) is 0 Å². The van der Waals surface area contributed by atoms with Crippen molar-refractivity contribution in [3.05, 3.63) is 23.8 Å². The van der Waals surface area contributed by atoms with E-state index in [1.165, 1.54) is 31.3 Å². The van der Waals surface area contributed by atoms with E-state index in [2.05, 4.69) is 24.9 Å². The maximum absolute atomic E-state index is 3.93. The fourth-order valence-corrected chi connectivity index (χ4v) is 2.43. The van der Waals surface area contributed by atoms with E-state index in [0.717, 1.165) is 18.5 Å². The van der Waals surface area contributed by atoms with Gasteiger partial charge in [0.05, 0.1) is 0 Å². The van der Waals surface area contributed by atoms with Crippen molar-refractivity contribution in [1.29, 1.82) is 0 Å². The van der Waals surface area contributed by atoms with Crippen molar-refractivity contribution in [1.82, 2.24) is 5.32 Å². The summed E-state index contributed by atoms with van der Waals surface area (Å²) < 4.78 is 0. The Morgan fingerprint density at radius 1 is 1.46 bits per heavy atom. The number of piperidine rings is 1. The topological polar surface area (TPSA) is 12.0 Å². The van der Waals surface area contributed by atoms with Gasteiger partial charge in [-0.25, -0.2) is 0 Å². The molecule has 0 aromatic rings. The molecule has 0 spiro atoms. The van der Waals surface area contributed by atoms with E-state index >= 15 is 0 Å². The summed E-state index contributed by atoms with van der Waals surface area (Å²) in [6.45, 7) is 6.04. The van der Waals surface area contributed by atoms with Gasteiger partial charge in [-0.15, -0.1) is 0 Å². The first kappa shape index (κ1) is 9.01. The van der Waals surface area contributed by atoms with Crippen molar-refractivity contribution in [2.24, 2.45) is 0 Å². The zero-order valence-corrected chi connectivity index (χ0v) is 8.47. The first-order valence-corrected chi connectivity index (χ1v) is 5.32. The highest BCUT2D eigenvalue weighted by Gasteiger charge is 2.29. The Morgan fingerprint density at radius 3 is 2.62 bits per heavy atom. The minimum absolute atomic E-state index is 0.787. The molecular formula is C12H19N. The number of allylic oxidation sites excluding steroid dienone is 2. The lowest BCUT2D eigenvalue weighted by Crippen LogP contribution is -2.34. The molecule has 2 saturated heterocycles. The smallest absolute Gasteiger partial charge is 0.0107 e. The molecule has 0 radical (unpaired) electrons. The predicted octanol–water partition coefficient (Wildman–Crippen LogP) is 2.79. The Bertz CT molecular complexity index is 226. The normalized spacial score (nSPS) is 31.9. The van der Waals surface area contributed by atoms with Crippen LogP contribution >= 0.6 is 0 Å². The zero-order valence-electron chi connectivity index (χ0n) is 8.47. The van der Waals surface area contributed by atoms with E-state index in [4.69, 9.17) is 0 Å². The van der Waals surface area contributed by atoms with Crippen molar-refractivity contribution in [2.45, 2.75) is 51.1 Å². The largest absolute Gasteiger partial charge is 0.311 e. The number of nitrogens with one attached hydrogen (secondary N) is 1. The molecule has 2 fully saturated rings. The van der Waals surface area contributed by atoms with Crippen molar-refractivity contribution in [2.75, 3.05) is 0 Å². The van der Waals surface area contributed by atoms with Crippen LogP contribution in [0.15, 0.2) is 23.8 Å². The first-order chi connectivity index (χ1) is 6.24. The lowest BCUT2D eigenvalue weighted by molar-refractivity contribution is 0.473. The molecule has 2 atom stereocenters. The summed E-state index contributed by atoms with van der Waals surface area (Å²) in [5, 5.41) is 3.64. The average molecular weight is 177 g/mol. The van der Waals surface area contributed by atoms with Gasteiger partial charge < -0.3 is 5.32 Å². The molecule has 0 saturated carbocycles. The minimum Gasteiger partial charge on any atom is -0.311 e. The van der Waals surface area contributed by atoms with Crippen LogP contribution in [0.4, 0.5) is 0 Å². The summed E-state index contributed by atoms with van der Waals surface area (Å²) >= 11 is 0. The number of fused-ring (bicyclic) bond motifs is 2. The summed E-state index contributed by atoms with van der Waals surface area (Å²) in [7, 11) is 0. The van der Waals surface area contributed by atoms with Gasteiger partial charge in [0.25, 0.3) is 0 Å². The quantitative estimate of drug-likeness (QED) is 0.639. The van der Waals surface area contributed by atoms with Crippen LogP contribution < -0.4 is 5.32 Å². The van der Waals surface area contributed by atoms with Crippen molar-refractivity contribution < 1.29 is 0 Å². The summed E-state index contributed by atoms with van der Waals surface area (Å²) in [6.07, 6.45) is 8.81. The van der Waals surface area contributed by atoms with Crippen LogP contribution in [0.5, 0.6) is 0 Å². The first-order valence-electron chi connectivity index (χ1n) is 5.32. The van der Waals surface area contributed by atoms with E-state index in [-0.39, 0.29) is 0 Å². The molecule has 2 bridgehead atoms. The molecule has 2 aliphatic rings. The second-order valence-electron chi connectivity index (χ2n) is 4.57. The van der Waals surface area contributed by atoms with Crippen LogP contribution in [0.1, 0.15) is 39.0 Å². The predicted molar refractivity (Wildman–Crippen MR) is 56.7 cm³/mol. The maximum Gasteiger partial charge on any atom is 0.0107 e. The van der Waals surface area contributed by atoms with Gasteiger partial charge in [-0.1, -0.05) is 23.8 Å². The van der Waals surface area contributed by atoms with Crippen LogP contribution in [-0.4, -0.2) is 12.1 Å². The van der Waals surface area contributed by atoms with Crippen molar-refractivity contribution in [3.63, 3.8) is 0 Å². The molecule has 2 heterocycles. The van der Waals surface area contributed by atoms with Gasteiger partial charge in [0.15, 0.2) is 0 Å². The third-order valence-corrected chi connectivity index (χ3v) is 3.09. The zero-order chi connectivity index (χ0) is 9.26. The molecule has 0 aliphatic carbocycles. The lowest BCUT2D eigenvalue weighted by Gasteiger charge is -2.23. The van der Waals surface area contributed by atoms with Gasteiger partial charge in [-0.2, -0.15) is 0 Å². The molecule has 2 unspecified atom stereocenters. The number of rotatable bonds is 2. The SMILES string of the molecule is C=C(C)CC=C1CC2CCC(C1)N2. The van der Waals surface area contributed by atoms with E-state index in [1.54, 1.807) is 5.57 Å². The molecule has 0 aromatic carbocycles. The fourth-order valence-electron chi connectivity index (χ4n) is 2.43. The van der Waals surface area contributed by atoms with E-state index in [0.29, 0.717) is 0 Å². The van der Waals surface area contributed by atoms with Crippen LogP contribution in [0.3, 0.4) is 0 Å². The van der Waals surface area contributed by atoms with Crippen molar-refractivity contribution in [3.8, 4) is 0 Å². The maximum atomic E-state index is 3.93. The molecule has 1 nitrogen and oxygen atoms in total. The van der Waals surface area contributed by atoms with Crippen LogP contribution in [-0.2, 0) is 0 Å². The van der Waals surface area contributed by atoms with Crippen molar-refractivity contribution >= 4 is 0 Å². The highest BCUT2D eigenvalue weighted by molar-refractivity contribution is 5.15. The number of hydrogen-bond donors (Lipinski definition) is 1. The summed E-state index contributed by atoms with van der Waals surface area (Å²) in [6, 6.07) is 1.57. The Balaban J connectivity index is 1.94. The minimum atomic E-state index is 0.787. The second kappa shape index (κ2) is 3.67. The van der Waals surface area contributed by atoms with Gasteiger partial charge in [0, 0.05) is 12.1 Å². The van der Waals surface area contributed by atoms with E-state index in [1.807, 2.05) is 0 Å². The molecule has 13 heavy (non-hydrogen) atoms. The van der Waals surface area contributed by atoms with Gasteiger partial charge in [0.2, 0.25) is 0 Å². The molecular weight excluding hydrogens is 158 g/mol. The Labute approximate surface area is 80.9 Å². The number of hydrogen-bond acceptors (Lipinski definition) is 1. The van der Waals surface area contributed by atoms with E-state index in [9.17, 15) is 0 Å². The molecule has 72 valence electrons. The molecule has 0 amide bonds. The Morgan fingerprint density at radius 2 is 2.08 bits per heavy atom. The molecule has 0 aromatic heterocycles. The second-order valence-corrected chi connectivity index (χ2v) is 4.57. The summed E-state index contributed by atoms with van der Waals surface area (Å²) in [5.41, 5.74) is 2.94. The fraction of sp³-hybridized carbons (Fsp3) is 0.667. The monoisotopic (exact) mass is 177 g/mol. The highest BCUT2D eigenvalue weighted by Crippen LogP contribution is 2.30. The average Bonchev–Trinajstić information content (AvgIpc) is 2.42. The third kappa shape index (κ3) is 2.22. The van der Waals surface area contributed by atoms with Gasteiger partial charge in [-0.05, 0) is 39.0 Å². The van der Waals surface area contributed by atoms with Crippen LogP contribution in [0.2, 0.25) is 0 Å². The van der Waals surface area contributed by atoms with Gasteiger partial charge in [0.1, 0.15) is 0 Å². The standard InChI is InChI=1S/C12H19N/c1-9(2)3-4-10-7-11-5-6-12(8-10)13-11/h4,11-13H,1,3,5-8H2,2H3. The molecule has 1 N–H and O–H groups in total. The Kier molecular flexibility index (Phi) is 2.54. The van der Waals surface area contributed by atoms with Gasteiger partial charge >= 0.3 is 0 Å². The lowest BCUT2D eigenvalue weighted by atomic mass is 9.97. The summed E-state index contributed by atoms with van der Waals surface area (Å²) in [4.78, 5) is 0. The Hall–Kier alpha value is -0.560. The van der Waals surface area contributed by atoms with Crippen LogP contribution in [0, 0.1) is 0 Å². The molecule has 1 heteroatoms. The summed E-state index contributed by atoms with van der Waals surface area (Å²) in [5.74, 6) is 0. The molecule has 2 aliphatic heterocycles. The van der Waals surface area contributed by atoms with E-state index < -0.39 is 0 Å². The molecule has 2 rings (SSSR count). The van der Waals surface area contributed by atoms with Gasteiger partial charge in [-0.3, -0.25) is 0 Å².